The van der Waals surface area contributed by atoms with Crippen molar-refractivity contribution < 1.29 is 9.21 Å². The molecule has 0 spiro atoms. The third-order valence-corrected chi connectivity index (χ3v) is 2.74. The van der Waals surface area contributed by atoms with Crippen LogP contribution in [0.25, 0.3) is 0 Å². The molecule has 0 fully saturated rings. The van der Waals surface area contributed by atoms with Gasteiger partial charge < -0.3 is 9.32 Å². The highest BCUT2D eigenvalue weighted by Crippen LogP contribution is 2.19. The average molecular weight is 296 g/mol. The van der Waals surface area contributed by atoms with Gasteiger partial charge in [-0.25, -0.2) is 0 Å². The van der Waals surface area contributed by atoms with Crippen molar-refractivity contribution in [1.29, 1.82) is 10.5 Å². The van der Waals surface area contributed by atoms with Crippen LogP contribution in [0.2, 0.25) is 0 Å². The average Bonchev–Trinajstić information content (AvgIpc) is 2.75. The van der Waals surface area contributed by atoms with Gasteiger partial charge >= 0.3 is 0 Å². The van der Waals surface area contributed by atoms with Crippen molar-refractivity contribution in [2.24, 2.45) is 0 Å². The lowest BCUT2D eigenvalue weighted by molar-refractivity contribution is 0.0760. The van der Waals surface area contributed by atoms with Crippen molar-refractivity contribution >= 4 is 21.8 Å². The molecule has 1 aromatic rings. The van der Waals surface area contributed by atoms with Gasteiger partial charge in [-0.15, -0.1) is 0 Å². The molecule has 0 saturated heterocycles. The van der Waals surface area contributed by atoms with Gasteiger partial charge in [0.15, 0.2) is 4.67 Å². The number of hydrogen-bond donors (Lipinski definition) is 0. The van der Waals surface area contributed by atoms with E-state index in [9.17, 15) is 4.79 Å². The van der Waals surface area contributed by atoms with E-state index in [0.717, 1.165) is 0 Å². The van der Waals surface area contributed by atoms with Crippen LogP contribution in [0.3, 0.4) is 0 Å². The standard InChI is InChI=1S/C11H10BrN3O2/c12-10-9(3-8-17-10)11(16)15(6-1-4-13)7-2-5-14/h3,8H,1-2,6-7H2. The van der Waals surface area contributed by atoms with Gasteiger partial charge in [0.2, 0.25) is 0 Å². The molecular formula is C11H10BrN3O2. The monoisotopic (exact) mass is 295 g/mol. The highest BCUT2D eigenvalue weighted by atomic mass is 79.9. The van der Waals surface area contributed by atoms with E-state index in [-0.39, 0.29) is 18.7 Å². The van der Waals surface area contributed by atoms with E-state index in [1.54, 1.807) is 6.07 Å². The van der Waals surface area contributed by atoms with Crippen LogP contribution in [0, 0.1) is 22.7 Å². The predicted molar refractivity (Wildman–Crippen MR) is 62.8 cm³/mol. The molecule has 1 rings (SSSR count). The molecular weight excluding hydrogens is 286 g/mol. The number of carbonyl (C=O) groups is 1. The van der Waals surface area contributed by atoms with E-state index in [1.165, 1.54) is 11.2 Å². The zero-order valence-corrected chi connectivity index (χ0v) is 10.6. The van der Waals surface area contributed by atoms with Gasteiger partial charge in [-0.3, -0.25) is 4.79 Å². The summed E-state index contributed by atoms with van der Waals surface area (Å²) in [5.74, 6) is -0.240. The fraction of sp³-hybridized carbons (Fsp3) is 0.364. The first-order valence-corrected chi connectivity index (χ1v) is 5.76. The van der Waals surface area contributed by atoms with Gasteiger partial charge in [0.1, 0.15) is 0 Å². The topological polar surface area (TPSA) is 81.0 Å². The van der Waals surface area contributed by atoms with Crippen molar-refractivity contribution in [3.63, 3.8) is 0 Å². The van der Waals surface area contributed by atoms with Crippen LogP contribution in [0.15, 0.2) is 21.4 Å². The third kappa shape index (κ3) is 3.61. The van der Waals surface area contributed by atoms with Crippen molar-refractivity contribution in [2.75, 3.05) is 13.1 Å². The quantitative estimate of drug-likeness (QED) is 0.835. The third-order valence-electron chi connectivity index (χ3n) is 2.12. The largest absolute Gasteiger partial charge is 0.457 e. The number of halogens is 1. The van der Waals surface area contributed by atoms with Crippen LogP contribution < -0.4 is 0 Å². The van der Waals surface area contributed by atoms with E-state index in [4.69, 9.17) is 14.9 Å². The first-order chi connectivity index (χ1) is 8.20. The van der Waals surface area contributed by atoms with Crippen LogP contribution in [0.5, 0.6) is 0 Å². The Morgan fingerprint density at radius 2 is 1.94 bits per heavy atom. The molecule has 5 nitrogen and oxygen atoms in total. The van der Waals surface area contributed by atoms with Gasteiger partial charge in [-0.05, 0) is 22.0 Å². The Balaban J connectivity index is 2.76. The Labute approximate surface area is 107 Å². The SMILES string of the molecule is N#CCCN(CCC#N)C(=O)c1ccoc1Br. The maximum Gasteiger partial charge on any atom is 0.258 e. The Morgan fingerprint density at radius 1 is 1.35 bits per heavy atom. The number of nitriles is 2. The summed E-state index contributed by atoms with van der Waals surface area (Å²) in [6, 6.07) is 5.51. The molecule has 1 aromatic heterocycles. The van der Waals surface area contributed by atoms with Crippen LogP contribution in [0.1, 0.15) is 23.2 Å². The molecule has 0 saturated carbocycles. The molecule has 0 aliphatic carbocycles. The number of carbonyl (C=O) groups excluding carboxylic acids is 1. The fourth-order valence-electron chi connectivity index (χ4n) is 1.30. The molecule has 0 atom stereocenters. The van der Waals surface area contributed by atoms with Gasteiger partial charge in [0, 0.05) is 13.1 Å². The van der Waals surface area contributed by atoms with Gasteiger partial charge in [-0.1, -0.05) is 0 Å². The second-order valence-corrected chi connectivity index (χ2v) is 3.94. The lowest BCUT2D eigenvalue weighted by Gasteiger charge is -2.19. The number of furan rings is 1. The molecule has 0 radical (unpaired) electrons. The second-order valence-electron chi connectivity index (χ2n) is 3.22. The van der Waals surface area contributed by atoms with E-state index in [0.29, 0.717) is 23.3 Å². The molecule has 0 aromatic carbocycles. The molecule has 1 amide bonds. The highest BCUT2D eigenvalue weighted by Gasteiger charge is 2.19. The number of nitrogens with zero attached hydrogens (tertiary/aromatic N) is 3. The molecule has 0 aliphatic heterocycles. The maximum atomic E-state index is 12.1. The molecule has 17 heavy (non-hydrogen) atoms. The summed E-state index contributed by atoms with van der Waals surface area (Å²) in [7, 11) is 0. The van der Waals surface area contributed by atoms with Crippen LogP contribution in [-0.2, 0) is 0 Å². The minimum absolute atomic E-state index is 0.240. The maximum absolute atomic E-state index is 12.1. The Hall–Kier alpha value is -1.79. The van der Waals surface area contributed by atoms with E-state index < -0.39 is 0 Å². The first-order valence-electron chi connectivity index (χ1n) is 4.97. The summed E-state index contributed by atoms with van der Waals surface area (Å²) in [5.41, 5.74) is 0.404. The normalized spacial score (nSPS) is 9.35. The number of rotatable bonds is 5. The number of amides is 1. The number of hydrogen-bond acceptors (Lipinski definition) is 4. The zero-order valence-electron chi connectivity index (χ0n) is 9.02. The van der Waals surface area contributed by atoms with Crippen LogP contribution >= 0.6 is 15.9 Å². The van der Waals surface area contributed by atoms with Crippen molar-refractivity contribution in [2.45, 2.75) is 12.8 Å². The zero-order chi connectivity index (χ0) is 12.7. The van der Waals surface area contributed by atoms with Crippen molar-refractivity contribution in [3.8, 4) is 12.1 Å². The molecule has 0 unspecified atom stereocenters. The minimum Gasteiger partial charge on any atom is -0.457 e. The summed E-state index contributed by atoms with van der Waals surface area (Å²) >= 11 is 3.13. The molecule has 0 aliphatic rings. The Kier molecular flexibility index (Phi) is 5.25. The van der Waals surface area contributed by atoms with E-state index in [1.807, 2.05) is 12.1 Å². The van der Waals surface area contributed by atoms with Crippen LogP contribution in [0.4, 0.5) is 0 Å². The van der Waals surface area contributed by atoms with Crippen molar-refractivity contribution in [3.05, 3.63) is 22.6 Å². The fourth-order valence-corrected chi connectivity index (χ4v) is 1.71. The van der Waals surface area contributed by atoms with Gasteiger partial charge in [0.25, 0.3) is 5.91 Å². The van der Waals surface area contributed by atoms with Crippen molar-refractivity contribution in [1.82, 2.24) is 4.90 Å². The lowest BCUT2D eigenvalue weighted by Crippen LogP contribution is -2.32. The van der Waals surface area contributed by atoms with E-state index in [2.05, 4.69) is 15.9 Å². The Bertz CT molecular complexity index is 452. The highest BCUT2D eigenvalue weighted by molar-refractivity contribution is 9.10. The van der Waals surface area contributed by atoms with Gasteiger partial charge in [0.05, 0.1) is 36.8 Å². The molecule has 6 heteroatoms. The first kappa shape index (κ1) is 13.3. The predicted octanol–water partition coefficient (Wildman–Crippen LogP) is 2.31. The summed E-state index contributed by atoms with van der Waals surface area (Å²) in [6.07, 6.45) is 1.89. The van der Waals surface area contributed by atoms with Crippen LogP contribution in [-0.4, -0.2) is 23.9 Å². The van der Waals surface area contributed by atoms with Gasteiger partial charge in [-0.2, -0.15) is 10.5 Å². The Morgan fingerprint density at radius 3 is 2.35 bits per heavy atom. The summed E-state index contributed by atoms with van der Waals surface area (Å²) in [5, 5.41) is 17.1. The lowest BCUT2D eigenvalue weighted by atomic mass is 10.2. The smallest absolute Gasteiger partial charge is 0.258 e. The summed E-state index contributed by atoms with van der Waals surface area (Å²) < 4.78 is 5.35. The molecule has 1 heterocycles. The molecule has 0 bridgehead atoms. The molecule has 0 N–H and O–H groups in total. The van der Waals surface area contributed by atoms with E-state index >= 15 is 0 Å². The molecule has 88 valence electrons. The summed E-state index contributed by atoms with van der Waals surface area (Å²) in [6.45, 7) is 0.628. The second kappa shape index (κ2) is 6.72. The minimum atomic E-state index is -0.240. The summed E-state index contributed by atoms with van der Waals surface area (Å²) in [4.78, 5) is 13.5.